The predicted molar refractivity (Wildman–Crippen MR) is 75.7 cm³/mol. The van der Waals surface area contributed by atoms with Crippen molar-refractivity contribution < 1.29 is 5.11 Å². The molecular formula is C15H30N2O. The van der Waals surface area contributed by atoms with Gasteiger partial charge in [0.05, 0.1) is 5.60 Å². The summed E-state index contributed by atoms with van der Waals surface area (Å²) in [5, 5.41) is 14.5. The Labute approximate surface area is 112 Å². The maximum Gasteiger partial charge on any atom is 0.0824 e. The maximum atomic E-state index is 10.9. The van der Waals surface area contributed by atoms with Gasteiger partial charge in [0.25, 0.3) is 0 Å². The minimum Gasteiger partial charge on any atom is -0.388 e. The molecule has 0 amide bonds. The smallest absolute Gasteiger partial charge is 0.0824 e. The first kappa shape index (κ1) is 14.3. The Balaban J connectivity index is 1.88. The van der Waals surface area contributed by atoms with E-state index in [0.717, 1.165) is 38.4 Å². The third-order valence-electron chi connectivity index (χ3n) is 5.00. The van der Waals surface area contributed by atoms with Crippen molar-refractivity contribution in [2.24, 2.45) is 5.92 Å². The second-order valence-corrected chi connectivity index (χ2v) is 6.25. The van der Waals surface area contributed by atoms with E-state index >= 15 is 0 Å². The summed E-state index contributed by atoms with van der Waals surface area (Å²) < 4.78 is 0. The molecule has 0 bridgehead atoms. The molecular weight excluding hydrogens is 224 g/mol. The molecule has 106 valence electrons. The first-order valence-corrected chi connectivity index (χ1v) is 7.86. The van der Waals surface area contributed by atoms with Crippen molar-refractivity contribution in [3.8, 4) is 0 Å². The van der Waals surface area contributed by atoms with Gasteiger partial charge in [-0.25, -0.2) is 0 Å². The maximum absolute atomic E-state index is 10.9. The van der Waals surface area contributed by atoms with Gasteiger partial charge in [-0.3, -0.25) is 0 Å². The first-order valence-electron chi connectivity index (χ1n) is 7.86. The number of nitrogens with zero attached hydrogens (tertiary/aromatic N) is 1. The molecule has 0 spiro atoms. The molecule has 2 N–H and O–H groups in total. The van der Waals surface area contributed by atoms with E-state index in [1.807, 2.05) is 0 Å². The lowest BCUT2D eigenvalue weighted by molar-refractivity contribution is -0.0611. The second kappa shape index (κ2) is 6.36. The topological polar surface area (TPSA) is 35.5 Å². The molecule has 0 saturated carbocycles. The Hall–Kier alpha value is -0.120. The summed E-state index contributed by atoms with van der Waals surface area (Å²) >= 11 is 0. The molecule has 0 aliphatic carbocycles. The average Bonchev–Trinajstić information content (AvgIpc) is 2.42. The van der Waals surface area contributed by atoms with Crippen molar-refractivity contribution in [2.75, 3.05) is 26.2 Å². The van der Waals surface area contributed by atoms with Gasteiger partial charge in [0.15, 0.2) is 0 Å². The molecule has 0 radical (unpaired) electrons. The molecule has 3 heteroatoms. The molecule has 2 unspecified atom stereocenters. The number of rotatable bonds is 4. The molecule has 0 aromatic rings. The van der Waals surface area contributed by atoms with Gasteiger partial charge >= 0.3 is 0 Å². The van der Waals surface area contributed by atoms with Gasteiger partial charge < -0.3 is 15.3 Å². The largest absolute Gasteiger partial charge is 0.388 e. The van der Waals surface area contributed by atoms with E-state index in [4.69, 9.17) is 0 Å². The summed E-state index contributed by atoms with van der Waals surface area (Å²) in [6.07, 6.45) is 6.82. The Kier molecular flexibility index (Phi) is 5.05. The molecule has 3 nitrogen and oxygen atoms in total. The molecule has 2 atom stereocenters. The van der Waals surface area contributed by atoms with Crippen LogP contribution in [-0.4, -0.2) is 47.8 Å². The number of nitrogens with one attached hydrogen (secondary N) is 1. The van der Waals surface area contributed by atoms with E-state index in [1.54, 1.807) is 0 Å². The van der Waals surface area contributed by atoms with E-state index in [0.29, 0.717) is 6.04 Å². The van der Waals surface area contributed by atoms with E-state index in [2.05, 4.69) is 24.1 Å². The lowest BCUT2D eigenvalue weighted by Crippen LogP contribution is -2.58. The van der Waals surface area contributed by atoms with Gasteiger partial charge in [0.2, 0.25) is 0 Å². The predicted octanol–water partition coefficient (Wildman–Crippen LogP) is 2.00. The molecule has 2 rings (SSSR count). The van der Waals surface area contributed by atoms with Crippen LogP contribution >= 0.6 is 0 Å². The van der Waals surface area contributed by atoms with E-state index in [1.165, 1.54) is 32.2 Å². The van der Waals surface area contributed by atoms with E-state index in [-0.39, 0.29) is 0 Å². The van der Waals surface area contributed by atoms with Crippen LogP contribution in [0.2, 0.25) is 0 Å². The van der Waals surface area contributed by atoms with Gasteiger partial charge in [-0.1, -0.05) is 20.3 Å². The van der Waals surface area contributed by atoms with Crippen LogP contribution in [0.5, 0.6) is 0 Å². The van der Waals surface area contributed by atoms with Gasteiger partial charge in [-0.2, -0.15) is 0 Å². The number of hydrogen-bond acceptors (Lipinski definition) is 3. The summed E-state index contributed by atoms with van der Waals surface area (Å²) in [6, 6.07) is 0.333. The highest BCUT2D eigenvalue weighted by Crippen LogP contribution is 2.32. The zero-order valence-electron chi connectivity index (χ0n) is 12.1. The molecule has 0 aromatic heterocycles. The third-order valence-corrected chi connectivity index (χ3v) is 5.00. The van der Waals surface area contributed by atoms with Crippen LogP contribution in [0.4, 0.5) is 0 Å². The monoisotopic (exact) mass is 254 g/mol. The first-order chi connectivity index (χ1) is 8.68. The third kappa shape index (κ3) is 3.25. The molecule has 2 saturated heterocycles. The van der Waals surface area contributed by atoms with Crippen LogP contribution < -0.4 is 5.32 Å². The van der Waals surface area contributed by atoms with Crippen LogP contribution in [0, 0.1) is 5.92 Å². The lowest BCUT2D eigenvalue weighted by Gasteiger charge is -2.46. The Morgan fingerprint density at radius 3 is 2.61 bits per heavy atom. The Bertz CT molecular complexity index is 249. The van der Waals surface area contributed by atoms with Crippen LogP contribution in [0.1, 0.15) is 52.4 Å². The zero-order valence-corrected chi connectivity index (χ0v) is 12.1. The fraction of sp³-hybridized carbons (Fsp3) is 1.00. The molecule has 2 aliphatic rings. The molecule has 0 aromatic carbocycles. The van der Waals surface area contributed by atoms with Crippen molar-refractivity contribution in [2.45, 2.75) is 64.0 Å². The fourth-order valence-electron chi connectivity index (χ4n) is 3.60. The summed E-state index contributed by atoms with van der Waals surface area (Å²) in [4.78, 5) is 2.49. The number of hydrogen-bond donors (Lipinski definition) is 2. The Morgan fingerprint density at radius 1 is 1.28 bits per heavy atom. The zero-order chi connectivity index (χ0) is 13.0. The summed E-state index contributed by atoms with van der Waals surface area (Å²) in [5.41, 5.74) is -0.446. The second-order valence-electron chi connectivity index (χ2n) is 6.25. The quantitative estimate of drug-likeness (QED) is 0.805. The standard InChI is InChI=1S/C15H30N2O/c1-3-9-17-10-6-15(18,7-11-17)14-12-13(4-2)5-8-16-14/h13-14,16,18H,3-12H2,1-2H3. The van der Waals surface area contributed by atoms with Crippen LogP contribution in [0.15, 0.2) is 0 Å². The van der Waals surface area contributed by atoms with Crippen LogP contribution in [0.3, 0.4) is 0 Å². The minimum atomic E-state index is -0.446. The molecule has 2 fully saturated rings. The molecule has 2 aliphatic heterocycles. The number of likely N-dealkylation sites (tertiary alicyclic amines) is 1. The van der Waals surface area contributed by atoms with Crippen molar-refractivity contribution in [3.05, 3.63) is 0 Å². The van der Waals surface area contributed by atoms with E-state index < -0.39 is 5.60 Å². The SMILES string of the molecule is CCCN1CCC(O)(C2CC(CC)CCN2)CC1. The van der Waals surface area contributed by atoms with Gasteiger partial charge in [0.1, 0.15) is 0 Å². The summed E-state index contributed by atoms with van der Waals surface area (Å²) in [6.45, 7) is 8.92. The van der Waals surface area contributed by atoms with Gasteiger partial charge in [-0.05, 0) is 51.1 Å². The highest BCUT2D eigenvalue weighted by atomic mass is 16.3. The molecule has 2 heterocycles. The van der Waals surface area contributed by atoms with Gasteiger partial charge in [-0.15, -0.1) is 0 Å². The number of aliphatic hydroxyl groups is 1. The molecule has 18 heavy (non-hydrogen) atoms. The Morgan fingerprint density at radius 2 is 2.00 bits per heavy atom. The van der Waals surface area contributed by atoms with Crippen LogP contribution in [0.25, 0.3) is 0 Å². The van der Waals surface area contributed by atoms with Crippen molar-refractivity contribution in [3.63, 3.8) is 0 Å². The van der Waals surface area contributed by atoms with Gasteiger partial charge in [0, 0.05) is 19.1 Å². The number of piperidine rings is 2. The average molecular weight is 254 g/mol. The highest BCUT2D eigenvalue weighted by molar-refractivity contribution is 4.98. The van der Waals surface area contributed by atoms with E-state index in [9.17, 15) is 5.11 Å². The van der Waals surface area contributed by atoms with Crippen molar-refractivity contribution in [1.29, 1.82) is 0 Å². The highest BCUT2D eigenvalue weighted by Gasteiger charge is 2.41. The minimum absolute atomic E-state index is 0.333. The summed E-state index contributed by atoms with van der Waals surface area (Å²) in [5.74, 6) is 0.814. The normalized spacial score (nSPS) is 33.5. The van der Waals surface area contributed by atoms with Crippen LogP contribution in [-0.2, 0) is 0 Å². The van der Waals surface area contributed by atoms with Crippen molar-refractivity contribution >= 4 is 0 Å². The lowest BCUT2D eigenvalue weighted by atomic mass is 9.77. The summed E-state index contributed by atoms with van der Waals surface area (Å²) in [7, 11) is 0. The fourth-order valence-corrected chi connectivity index (χ4v) is 3.60. The van der Waals surface area contributed by atoms with Crippen molar-refractivity contribution in [1.82, 2.24) is 10.2 Å².